The van der Waals surface area contributed by atoms with E-state index in [1.165, 1.54) is 12.7 Å². The number of imidazole rings is 2. The predicted molar refractivity (Wildman–Crippen MR) is 130 cm³/mol. The van der Waals surface area contributed by atoms with Gasteiger partial charge in [-0.3, -0.25) is 28.0 Å². The number of nitrogens with one attached hydrogen (secondary N) is 2. The zero-order valence-corrected chi connectivity index (χ0v) is 21.1. The summed E-state index contributed by atoms with van der Waals surface area (Å²) in [5.74, 6) is -0.0373. The van der Waals surface area contributed by atoms with Crippen molar-refractivity contribution in [2.24, 2.45) is 16.6 Å². The summed E-state index contributed by atoms with van der Waals surface area (Å²) < 4.78 is 37.8. The summed E-state index contributed by atoms with van der Waals surface area (Å²) in [7, 11) is -4.77. The lowest BCUT2D eigenvalue weighted by Gasteiger charge is -2.26. The van der Waals surface area contributed by atoms with Crippen LogP contribution in [-0.2, 0) is 23.1 Å². The van der Waals surface area contributed by atoms with Crippen LogP contribution in [0.15, 0.2) is 28.8 Å². The Hall–Kier alpha value is -3.06. The first-order valence-electron chi connectivity index (χ1n) is 12.0. The predicted octanol–water partition coefficient (Wildman–Crippen LogP) is -1.28. The smallest absolute Gasteiger partial charge is 0.388 e. The van der Waals surface area contributed by atoms with Crippen LogP contribution in [0.3, 0.4) is 0 Å². The van der Waals surface area contributed by atoms with Gasteiger partial charge in [0.15, 0.2) is 23.6 Å². The number of aliphatic hydroxyl groups is 2. The lowest BCUT2D eigenvalue weighted by molar-refractivity contribution is -0.0742. The van der Waals surface area contributed by atoms with Crippen molar-refractivity contribution in [1.29, 1.82) is 0 Å². The average Bonchev–Trinajstić information content (AvgIpc) is 3.60. The van der Waals surface area contributed by atoms with Gasteiger partial charge in [0.1, 0.15) is 29.9 Å². The van der Waals surface area contributed by atoms with Crippen LogP contribution in [0.25, 0.3) is 11.2 Å². The molecule has 6 rings (SSSR count). The molecule has 7 N–H and O–H groups in total. The molecule has 2 unspecified atom stereocenters. The highest BCUT2D eigenvalue weighted by Gasteiger charge is 2.47. The number of hydrogen-bond acceptors (Lipinski definition) is 14. The molecule has 0 amide bonds. The lowest BCUT2D eigenvalue weighted by Crippen LogP contribution is -2.31. The molecule has 210 valence electrons. The molecule has 3 aliphatic heterocycles. The number of rotatable bonds is 3. The van der Waals surface area contributed by atoms with E-state index in [-0.39, 0.29) is 24.4 Å². The minimum atomic E-state index is -4.77. The monoisotopic (exact) mass is 567 g/mol. The number of aliphatic hydroxyl groups excluding tert-OH is 2. The number of nitrogens with two attached hydrogens (primary N) is 1. The molecule has 0 aromatic carbocycles. The Kier molecular flexibility index (Phi) is 6.82. The summed E-state index contributed by atoms with van der Waals surface area (Å²) in [5, 5.41) is 25.1. The minimum absolute atomic E-state index is 0.0327. The van der Waals surface area contributed by atoms with Gasteiger partial charge in [-0.2, -0.15) is 0 Å². The van der Waals surface area contributed by atoms with E-state index >= 15 is 0 Å². The van der Waals surface area contributed by atoms with Crippen LogP contribution in [0.4, 0.5) is 5.82 Å². The number of aliphatic imine (C=N–C) groups is 1. The number of hydrogen-bond donors (Lipinski definition) is 6. The fourth-order valence-electron chi connectivity index (χ4n) is 4.92. The van der Waals surface area contributed by atoms with Crippen molar-refractivity contribution >= 4 is 31.1 Å². The third kappa shape index (κ3) is 4.79. The maximum atomic E-state index is 12.9. The SMILES string of the molecule is NC1N=CNc2c1ncn2[C@@H]1O[C@@H]2COP(=O)(O)O[C@@H]([C@@H](O)n3cnc4c(=O)[nH]cnc43)COCC[C@H]2[C@H]1O. The van der Waals surface area contributed by atoms with E-state index in [2.05, 4.69) is 30.2 Å². The van der Waals surface area contributed by atoms with E-state index < -0.39 is 62.8 Å². The molecule has 3 aliphatic rings. The van der Waals surface area contributed by atoms with Gasteiger partial charge in [0.25, 0.3) is 5.56 Å². The van der Waals surface area contributed by atoms with Crippen LogP contribution in [0.1, 0.15) is 30.7 Å². The Morgan fingerprint density at radius 3 is 2.92 bits per heavy atom. The highest BCUT2D eigenvalue weighted by atomic mass is 31.2. The number of fused-ring (bicyclic) bond motifs is 3. The fraction of sp³-hybridized carbons (Fsp3) is 0.550. The molecule has 8 atom stereocenters. The van der Waals surface area contributed by atoms with Crippen molar-refractivity contribution in [3.05, 3.63) is 35.0 Å². The molecule has 2 saturated heterocycles. The molecule has 19 heteroatoms. The van der Waals surface area contributed by atoms with Gasteiger partial charge in [-0.15, -0.1) is 0 Å². The Labute approximate surface area is 219 Å². The summed E-state index contributed by atoms with van der Waals surface area (Å²) in [4.78, 5) is 41.0. The number of H-pyrrole nitrogens is 1. The Morgan fingerprint density at radius 1 is 1.23 bits per heavy atom. The lowest BCUT2D eigenvalue weighted by atomic mass is 9.95. The van der Waals surface area contributed by atoms with Crippen molar-refractivity contribution in [2.45, 2.75) is 43.4 Å². The van der Waals surface area contributed by atoms with Gasteiger partial charge in [0.2, 0.25) is 0 Å². The number of ether oxygens (including phenoxy) is 2. The van der Waals surface area contributed by atoms with Crippen LogP contribution in [0.2, 0.25) is 0 Å². The number of aromatic nitrogens is 6. The second-order valence-corrected chi connectivity index (χ2v) is 10.6. The second-order valence-electron chi connectivity index (χ2n) is 9.21. The first-order valence-corrected chi connectivity index (χ1v) is 13.5. The quantitative estimate of drug-likeness (QED) is 0.202. The highest BCUT2D eigenvalue weighted by molar-refractivity contribution is 7.47. The molecule has 0 bridgehead atoms. The third-order valence-corrected chi connectivity index (χ3v) is 7.88. The molecule has 0 spiro atoms. The van der Waals surface area contributed by atoms with Crippen molar-refractivity contribution < 1.29 is 38.2 Å². The van der Waals surface area contributed by atoms with Gasteiger partial charge >= 0.3 is 7.82 Å². The molecule has 18 nitrogen and oxygen atoms in total. The van der Waals surface area contributed by atoms with Crippen molar-refractivity contribution in [3.63, 3.8) is 0 Å². The summed E-state index contributed by atoms with van der Waals surface area (Å²) >= 11 is 0. The number of anilines is 1. The van der Waals surface area contributed by atoms with Crippen molar-refractivity contribution in [1.82, 2.24) is 29.1 Å². The molecule has 0 saturated carbocycles. The van der Waals surface area contributed by atoms with Gasteiger partial charge in [-0.25, -0.2) is 19.5 Å². The molecule has 0 aliphatic carbocycles. The zero-order valence-electron chi connectivity index (χ0n) is 20.2. The highest BCUT2D eigenvalue weighted by Crippen LogP contribution is 2.48. The van der Waals surface area contributed by atoms with Gasteiger partial charge in [-0.1, -0.05) is 0 Å². The number of nitrogens with zero attached hydrogens (tertiary/aromatic N) is 6. The molecule has 3 aromatic rings. The maximum absolute atomic E-state index is 12.9. The first kappa shape index (κ1) is 26.2. The number of phosphoric ester groups is 1. The van der Waals surface area contributed by atoms with Crippen LogP contribution in [-0.4, -0.2) is 88.6 Å². The summed E-state index contributed by atoms with van der Waals surface area (Å²) in [6, 6.07) is 0. The number of aromatic amines is 1. The summed E-state index contributed by atoms with van der Waals surface area (Å²) in [6.45, 7) is -0.631. The normalized spacial score (nSPS) is 34.2. The van der Waals surface area contributed by atoms with E-state index in [0.29, 0.717) is 17.9 Å². The van der Waals surface area contributed by atoms with Gasteiger partial charge in [0, 0.05) is 12.5 Å². The topological polar surface area (TPSA) is 246 Å². The Balaban J connectivity index is 1.20. The fourth-order valence-corrected chi connectivity index (χ4v) is 5.83. The van der Waals surface area contributed by atoms with Crippen LogP contribution < -0.4 is 16.6 Å². The van der Waals surface area contributed by atoms with Crippen LogP contribution in [0.5, 0.6) is 0 Å². The molecule has 39 heavy (non-hydrogen) atoms. The molecular weight excluding hydrogens is 541 g/mol. The van der Waals surface area contributed by atoms with Crippen molar-refractivity contribution in [2.75, 3.05) is 25.1 Å². The molecule has 0 radical (unpaired) electrons. The van der Waals surface area contributed by atoms with E-state index in [1.54, 1.807) is 4.57 Å². The van der Waals surface area contributed by atoms with Crippen LogP contribution in [0, 0.1) is 5.92 Å². The van der Waals surface area contributed by atoms with E-state index in [0.717, 1.165) is 17.2 Å². The van der Waals surface area contributed by atoms with E-state index in [1.807, 2.05) is 0 Å². The number of phosphoric acid groups is 1. The zero-order chi connectivity index (χ0) is 27.3. The standard InChI is InChI=1S/C20H26N9O9P/c21-15-12-16(23-5-22-15)29(8-26-12)20-14(30)9-1-2-35-3-11(38-39(33,34)36-4-10(9)37-20)19(32)28-7-27-13-17(28)24-6-25-18(13)31/h5-11,14-15,19-20,30,32H,1-4,21H2,(H,22,23)(H,33,34)(H,24,25,31)/t9-,10-,11-,14-,15?,19-,20-/m1/s1. The van der Waals surface area contributed by atoms with Gasteiger partial charge in [-0.05, 0) is 6.42 Å². The summed E-state index contributed by atoms with van der Waals surface area (Å²) in [6.07, 6.45) is -0.945. The van der Waals surface area contributed by atoms with E-state index in [9.17, 15) is 24.5 Å². The van der Waals surface area contributed by atoms with Crippen LogP contribution >= 0.6 is 7.82 Å². The molecule has 6 heterocycles. The average molecular weight is 567 g/mol. The molecular formula is C20H26N9O9P. The molecule has 2 fully saturated rings. The van der Waals surface area contributed by atoms with Crippen molar-refractivity contribution in [3.8, 4) is 0 Å². The summed E-state index contributed by atoms with van der Waals surface area (Å²) in [5.41, 5.74) is 5.92. The third-order valence-electron chi connectivity index (χ3n) is 6.87. The van der Waals surface area contributed by atoms with E-state index in [4.69, 9.17) is 24.3 Å². The first-order chi connectivity index (χ1) is 18.7. The molecule has 3 aromatic heterocycles. The Bertz CT molecular complexity index is 1490. The van der Waals surface area contributed by atoms with Gasteiger partial charge < -0.3 is 40.6 Å². The minimum Gasteiger partial charge on any atom is -0.388 e. The second kappa shape index (κ2) is 10.2. The van der Waals surface area contributed by atoms with Gasteiger partial charge in [0.05, 0.1) is 44.6 Å². The largest absolute Gasteiger partial charge is 0.472 e. The maximum Gasteiger partial charge on any atom is 0.472 e. The Morgan fingerprint density at radius 2 is 2.08 bits per heavy atom.